The van der Waals surface area contributed by atoms with E-state index >= 15 is 0 Å². The summed E-state index contributed by atoms with van der Waals surface area (Å²) in [6.07, 6.45) is 2.99. The number of benzene rings is 1. The SMILES string of the molecule is Clc1cc(Oc2ccc3ocnc3c2)ccn1. The second-order valence-electron chi connectivity index (χ2n) is 3.40. The van der Waals surface area contributed by atoms with Gasteiger partial charge in [0, 0.05) is 18.3 Å². The number of hydrogen-bond donors (Lipinski definition) is 0. The fraction of sp³-hybridized carbons (Fsp3) is 0. The monoisotopic (exact) mass is 246 g/mol. The summed E-state index contributed by atoms with van der Waals surface area (Å²) in [6.45, 7) is 0. The second-order valence-corrected chi connectivity index (χ2v) is 3.79. The van der Waals surface area contributed by atoms with E-state index in [0.717, 1.165) is 11.1 Å². The number of ether oxygens (including phenoxy) is 1. The molecule has 3 rings (SSSR count). The molecule has 5 heteroatoms. The zero-order valence-corrected chi connectivity index (χ0v) is 9.39. The van der Waals surface area contributed by atoms with Gasteiger partial charge in [-0.15, -0.1) is 0 Å². The molecule has 0 aliphatic heterocycles. The van der Waals surface area contributed by atoms with Crippen LogP contribution in [-0.2, 0) is 0 Å². The Labute approximate surface area is 102 Å². The summed E-state index contributed by atoms with van der Waals surface area (Å²) in [5.41, 5.74) is 1.48. The van der Waals surface area contributed by atoms with Crippen molar-refractivity contribution in [2.45, 2.75) is 0 Å². The number of rotatable bonds is 2. The van der Waals surface area contributed by atoms with Gasteiger partial charge in [0.2, 0.25) is 0 Å². The third-order valence-corrected chi connectivity index (χ3v) is 2.44. The van der Waals surface area contributed by atoms with Crippen LogP contribution in [0.25, 0.3) is 11.1 Å². The first-order chi connectivity index (χ1) is 8.31. The van der Waals surface area contributed by atoms with Crippen LogP contribution in [0.3, 0.4) is 0 Å². The van der Waals surface area contributed by atoms with Gasteiger partial charge in [0.15, 0.2) is 12.0 Å². The lowest BCUT2D eigenvalue weighted by molar-refractivity contribution is 0.482. The first-order valence-electron chi connectivity index (χ1n) is 4.94. The molecule has 0 aliphatic carbocycles. The van der Waals surface area contributed by atoms with Gasteiger partial charge in [-0.3, -0.25) is 0 Å². The number of nitrogens with zero attached hydrogens (tertiary/aromatic N) is 2. The molecule has 0 atom stereocenters. The van der Waals surface area contributed by atoms with Crippen LogP contribution in [0.5, 0.6) is 11.5 Å². The first-order valence-corrected chi connectivity index (χ1v) is 5.32. The van der Waals surface area contributed by atoms with Crippen LogP contribution < -0.4 is 4.74 Å². The molecule has 0 saturated heterocycles. The summed E-state index contributed by atoms with van der Waals surface area (Å²) < 4.78 is 10.8. The Morgan fingerprint density at radius 3 is 2.82 bits per heavy atom. The maximum absolute atomic E-state index is 5.77. The van der Waals surface area contributed by atoms with Crippen LogP contribution in [0.15, 0.2) is 47.3 Å². The molecule has 0 radical (unpaired) electrons. The third-order valence-electron chi connectivity index (χ3n) is 2.24. The highest BCUT2D eigenvalue weighted by Gasteiger charge is 2.02. The Hall–Kier alpha value is -2.07. The number of halogens is 1. The lowest BCUT2D eigenvalue weighted by Crippen LogP contribution is -1.85. The number of pyridine rings is 1. The van der Waals surface area contributed by atoms with E-state index in [9.17, 15) is 0 Å². The molecule has 0 spiro atoms. The molecule has 17 heavy (non-hydrogen) atoms. The Morgan fingerprint density at radius 2 is 1.94 bits per heavy atom. The molecular weight excluding hydrogens is 240 g/mol. The van der Waals surface area contributed by atoms with Crippen molar-refractivity contribution in [2.24, 2.45) is 0 Å². The molecular formula is C12H7ClN2O2. The van der Waals surface area contributed by atoms with E-state index < -0.39 is 0 Å². The second kappa shape index (κ2) is 4.07. The lowest BCUT2D eigenvalue weighted by atomic mass is 10.3. The average molecular weight is 247 g/mol. The highest BCUT2D eigenvalue weighted by atomic mass is 35.5. The predicted octanol–water partition coefficient (Wildman–Crippen LogP) is 3.67. The van der Waals surface area contributed by atoms with Gasteiger partial charge in [0.1, 0.15) is 22.2 Å². The van der Waals surface area contributed by atoms with Crippen molar-refractivity contribution in [2.75, 3.05) is 0 Å². The van der Waals surface area contributed by atoms with Crippen molar-refractivity contribution < 1.29 is 9.15 Å². The molecule has 0 aliphatic rings. The normalized spacial score (nSPS) is 10.6. The van der Waals surface area contributed by atoms with Gasteiger partial charge in [-0.25, -0.2) is 9.97 Å². The maximum Gasteiger partial charge on any atom is 0.181 e. The summed E-state index contributed by atoms with van der Waals surface area (Å²) >= 11 is 5.77. The van der Waals surface area contributed by atoms with Crippen molar-refractivity contribution in [3.8, 4) is 11.5 Å². The fourth-order valence-corrected chi connectivity index (χ4v) is 1.65. The molecule has 0 N–H and O–H groups in total. The Bertz CT molecular complexity index is 666. The predicted molar refractivity (Wildman–Crippen MR) is 63.3 cm³/mol. The van der Waals surface area contributed by atoms with E-state index in [4.69, 9.17) is 20.8 Å². The van der Waals surface area contributed by atoms with E-state index in [0.29, 0.717) is 16.7 Å². The summed E-state index contributed by atoms with van der Waals surface area (Å²) in [7, 11) is 0. The van der Waals surface area contributed by atoms with Gasteiger partial charge in [-0.05, 0) is 18.2 Å². The Kier molecular flexibility index (Phi) is 2.42. The highest BCUT2D eigenvalue weighted by Crippen LogP contribution is 2.25. The summed E-state index contributed by atoms with van der Waals surface area (Å²) in [5.74, 6) is 1.31. The average Bonchev–Trinajstić information content (AvgIpc) is 2.76. The molecule has 2 heterocycles. The van der Waals surface area contributed by atoms with Crippen molar-refractivity contribution in [1.29, 1.82) is 0 Å². The molecule has 0 fully saturated rings. The molecule has 1 aromatic carbocycles. The smallest absolute Gasteiger partial charge is 0.181 e. The maximum atomic E-state index is 5.77. The number of aromatic nitrogens is 2. The Balaban J connectivity index is 1.94. The number of hydrogen-bond acceptors (Lipinski definition) is 4. The van der Waals surface area contributed by atoms with Crippen molar-refractivity contribution in [3.63, 3.8) is 0 Å². The molecule has 2 aromatic heterocycles. The lowest BCUT2D eigenvalue weighted by Gasteiger charge is -2.04. The van der Waals surface area contributed by atoms with Crippen molar-refractivity contribution >= 4 is 22.7 Å². The minimum Gasteiger partial charge on any atom is -0.457 e. The standard InChI is InChI=1S/C12H7ClN2O2/c13-12-6-9(3-4-14-12)17-8-1-2-11-10(5-8)15-7-16-11/h1-7H. The minimum absolute atomic E-state index is 0.394. The molecule has 0 bridgehead atoms. The molecule has 0 amide bonds. The summed E-state index contributed by atoms with van der Waals surface area (Å²) in [5, 5.41) is 0.394. The number of fused-ring (bicyclic) bond motifs is 1. The van der Waals surface area contributed by atoms with Crippen molar-refractivity contribution in [3.05, 3.63) is 48.1 Å². The largest absolute Gasteiger partial charge is 0.457 e. The molecule has 4 nitrogen and oxygen atoms in total. The molecule has 0 saturated carbocycles. The Morgan fingerprint density at radius 1 is 1.06 bits per heavy atom. The summed E-state index contributed by atoms with van der Waals surface area (Å²) in [6, 6.07) is 8.79. The molecule has 84 valence electrons. The van der Waals surface area contributed by atoms with Gasteiger partial charge in [-0.2, -0.15) is 0 Å². The van der Waals surface area contributed by atoms with E-state index in [1.165, 1.54) is 6.39 Å². The zero-order chi connectivity index (χ0) is 11.7. The van der Waals surface area contributed by atoms with Crippen LogP contribution in [0.1, 0.15) is 0 Å². The van der Waals surface area contributed by atoms with Gasteiger partial charge < -0.3 is 9.15 Å². The van der Waals surface area contributed by atoms with Gasteiger partial charge in [0.25, 0.3) is 0 Å². The van der Waals surface area contributed by atoms with Gasteiger partial charge in [0.05, 0.1) is 0 Å². The minimum atomic E-state index is 0.394. The molecule has 3 aromatic rings. The van der Waals surface area contributed by atoms with E-state index in [1.54, 1.807) is 30.5 Å². The quantitative estimate of drug-likeness (QED) is 0.648. The van der Waals surface area contributed by atoms with Gasteiger partial charge in [-0.1, -0.05) is 11.6 Å². The topological polar surface area (TPSA) is 48.2 Å². The fourth-order valence-electron chi connectivity index (χ4n) is 1.49. The van der Waals surface area contributed by atoms with Crippen molar-refractivity contribution in [1.82, 2.24) is 9.97 Å². The van der Waals surface area contributed by atoms with Crippen LogP contribution in [0, 0.1) is 0 Å². The molecule has 0 unspecified atom stereocenters. The highest BCUT2D eigenvalue weighted by molar-refractivity contribution is 6.29. The summed E-state index contributed by atoms with van der Waals surface area (Å²) in [4.78, 5) is 7.93. The van der Waals surface area contributed by atoms with Gasteiger partial charge >= 0.3 is 0 Å². The third kappa shape index (κ3) is 2.07. The van der Waals surface area contributed by atoms with Crippen LogP contribution in [-0.4, -0.2) is 9.97 Å². The van der Waals surface area contributed by atoms with Crippen LogP contribution >= 0.6 is 11.6 Å². The van der Waals surface area contributed by atoms with Crippen LogP contribution in [0.2, 0.25) is 5.15 Å². The van der Waals surface area contributed by atoms with E-state index in [1.807, 2.05) is 6.07 Å². The zero-order valence-electron chi connectivity index (χ0n) is 8.63. The number of oxazole rings is 1. The van der Waals surface area contributed by atoms with E-state index in [-0.39, 0.29) is 0 Å². The van der Waals surface area contributed by atoms with E-state index in [2.05, 4.69) is 9.97 Å². The first kappa shape index (κ1) is 10.1. The van der Waals surface area contributed by atoms with Crippen LogP contribution in [0.4, 0.5) is 0 Å².